The molecule has 156 valence electrons. The Morgan fingerprint density at radius 1 is 0.966 bits per heavy atom. The van der Waals surface area contributed by atoms with E-state index in [4.69, 9.17) is 25.8 Å². The smallest absolute Gasteiger partial charge is 0.321 e. The molecule has 0 bridgehead atoms. The number of nitrogens with one attached hydrogen (secondary N) is 1. The molecule has 0 spiro atoms. The third-order valence-corrected chi connectivity index (χ3v) is 5.26. The number of urea groups is 1. The minimum absolute atomic E-state index is 0.125. The van der Waals surface area contributed by atoms with E-state index in [9.17, 15) is 4.79 Å². The maximum absolute atomic E-state index is 12.7. The number of ether oxygens (including phenoxy) is 3. The molecule has 0 aromatic heterocycles. The number of amides is 2. The molecule has 8 heteroatoms. The first kappa shape index (κ1) is 20.9. The van der Waals surface area contributed by atoms with Crippen molar-refractivity contribution in [2.24, 2.45) is 0 Å². The summed E-state index contributed by atoms with van der Waals surface area (Å²) in [4.78, 5) is 16.6. The molecule has 2 aromatic carbocycles. The second-order valence-electron chi connectivity index (χ2n) is 6.75. The first-order valence-electron chi connectivity index (χ1n) is 9.34. The number of methoxy groups -OCH3 is 3. The normalized spacial score (nSPS) is 13.8. The van der Waals surface area contributed by atoms with Gasteiger partial charge in [-0.1, -0.05) is 17.7 Å². The number of hydrogen-bond acceptors (Lipinski definition) is 5. The van der Waals surface area contributed by atoms with Crippen LogP contribution in [0.25, 0.3) is 0 Å². The summed E-state index contributed by atoms with van der Waals surface area (Å²) in [6.07, 6.45) is 0. The molecule has 1 saturated heterocycles. The quantitative estimate of drug-likeness (QED) is 0.792. The van der Waals surface area contributed by atoms with Gasteiger partial charge in [-0.15, -0.1) is 0 Å². The van der Waals surface area contributed by atoms with E-state index in [0.29, 0.717) is 48.5 Å². The fraction of sp³-hybridized carbons (Fsp3) is 0.381. The number of carbonyl (C=O) groups is 1. The molecule has 1 fully saturated rings. The van der Waals surface area contributed by atoms with Crippen molar-refractivity contribution in [3.05, 3.63) is 40.9 Å². The zero-order chi connectivity index (χ0) is 21.0. The Balaban J connectivity index is 1.67. The van der Waals surface area contributed by atoms with Crippen LogP contribution in [0.1, 0.15) is 5.56 Å². The van der Waals surface area contributed by atoms with Gasteiger partial charge < -0.3 is 29.3 Å². The molecular formula is C21H26ClN3O4. The molecule has 7 nitrogen and oxygen atoms in total. The van der Waals surface area contributed by atoms with Gasteiger partial charge in [-0.05, 0) is 24.6 Å². The maximum atomic E-state index is 12.7. The van der Waals surface area contributed by atoms with Crippen LogP contribution in [-0.4, -0.2) is 58.4 Å². The third-order valence-electron chi connectivity index (χ3n) is 5.02. The van der Waals surface area contributed by atoms with Gasteiger partial charge in [0.05, 0.1) is 21.3 Å². The van der Waals surface area contributed by atoms with Crippen LogP contribution in [0.15, 0.2) is 30.3 Å². The fourth-order valence-electron chi connectivity index (χ4n) is 3.34. The molecular weight excluding hydrogens is 394 g/mol. The van der Waals surface area contributed by atoms with Crippen molar-refractivity contribution in [2.45, 2.75) is 6.92 Å². The first-order chi connectivity index (χ1) is 14.0. The predicted octanol–water partition coefficient (Wildman–Crippen LogP) is 4.03. The topological polar surface area (TPSA) is 63.3 Å². The van der Waals surface area contributed by atoms with E-state index in [1.807, 2.05) is 31.2 Å². The van der Waals surface area contributed by atoms with Crippen LogP contribution in [0.5, 0.6) is 17.2 Å². The Kier molecular flexibility index (Phi) is 6.59. The van der Waals surface area contributed by atoms with Gasteiger partial charge in [-0.2, -0.15) is 0 Å². The Bertz CT molecular complexity index is 857. The lowest BCUT2D eigenvalue weighted by Gasteiger charge is -2.36. The second-order valence-corrected chi connectivity index (χ2v) is 7.18. The second kappa shape index (κ2) is 9.13. The molecule has 29 heavy (non-hydrogen) atoms. The average molecular weight is 420 g/mol. The molecule has 1 N–H and O–H groups in total. The highest BCUT2D eigenvalue weighted by molar-refractivity contribution is 6.31. The Hall–Kier alpha value is -2.80. The molecule has 0 saturated carbocycles. The van der Waals surface area contributed by atoms with Crippen molar-refractivity contribution >= 4 is 29.0 Å². The van der Waals surface area contributed by atoms with Crippen molar-refractivity contribution in [1.82, 2.24) is 4.90 Å². The van der Waals surface area contributed by atoms with Gasteiger partial charge in [-0.3, -0.25) is 0 Å². The minimum Gasteiger partial charge on any atom is -0.493 e. The van der Waals surface area contributed by atoms with Gasteiger partial charge in [0.2, 0.25) is 5.75 Å². The van der Waals surface area contributed by atoms with Gasteiger partial charge >= 0.3 is 6.03 Å². The lowest BCUT2D eigenvalue weighted by Crippen LogP contribution is -2.50. The lowest BCUT2D eigenvalue weighted by atomic mass is 10.2. The fourth-order valence-corrected chi connectivity index (χ4v) is 3.51. The number of nitrogens with zero attached hydrogens (tertiary/aromatic N) is 2. The van der Waals surface area contributed by atoms with E-state index in [2.05, 4.69) is 10.2 Å². The van der Waals surface area contributed by atoms with Gasteiger partial charge in [0.1, 0.15) is 0 Å². The highest BCUT2D eigenvalue weighted by Gasteiger charge is 2.24. The number of hydrogen-bond donors (Lipinski definition) is 1. The molecule has 0 unspecified atom stereocenters. The number of carbonyl (C=O) groups excluding carboxylic acids is 1. The van der Waals surface area contributed by atoms with E-state index < -0.39 is 0 Å². The number of benzene rings is 2. The SMILES string of the molecule is COc1cc(N2CCN(C(=O)Nc3cc(Cl)ccc3C)CC2)cc(OC)c1OC. The van der Waals surface area contributed by atoms with E-state index in [1.54, 1.807) is 32.3 Å². The number of aryl methyl sites for hydroxylation is 1. The zero-order valence-electron chi connectivity index (χ0n) is 17.1. The molecule has 0 radical (unpaired) electrons. The summed E-state index contributed by atoms with van der Waals surface area (Å²) in [5, 5.41) is 3.55. The summed E-state index contributed by atoms with van der Waals surface area (Å²) in [6.45, 7) is 4.53. The number of halogens is 1. The van der Waals surface area contributed by atoms with E-state index >= 15 is 0 Å². The summed E-state index contributed by atoms with van der Waals surface area (Å²) in [6, 6.07) is 9.18. The summed E-state index contributed by atoms with van der Waals surface area (Å²) < 4.78 is 16.3. The summed E-state index contributed by atoms with van der Waals surface area (Å²) in [5.41, 5.74) is 2.67. The molecule has 2 amide bonds. The highest BCUT2D eigenvalue weighted by atomic mass is 35.5. The van der Waals surface area contributed by atoms with Crippen molar-refractivity contribution in [2.75, 3.05) is 57.7 Å². The van der Waals surface area contributed by atoms with Crippen LogP contribution in [-0.2, 0) is 0 Å². The van der Waals surface area contributed by atoms with Crippen LogP contribution < -0.4 is 24.4 Å². The minimum atomic E-state index is -0.125. The van der Waals surface area contributed by atoms with Crippen LogP contribution in [0.4, 0.5) is 16.2 Å². The van der Waals surface area contributed by atoms with Gasteiger partial charge in [0.25, 0.3) is 0 Å². The number of piperazine rings is 1. The van der Waals surface area contributed by atoms with E-state index in [1.165, 1.54) is 0 Å². The molecule has 3 rings (SSSR count). The highest BCUT2D eigenvalue weighted by Crippen LogP contribution is 2.41. The lowest BCUT2D eigenvalue weighted by molar-refractivity contribution is 0.208. The molecule has 1 heterocycles. The molecule has 0 aliphatic carbocycles. The molecule has 2 aromatic rings. The van der Waals surface area contributed by atoms with Crippen LogP contribution in [0.2, 0.25) is 5.02 Å². The van der Waals surface area contributed by atoms with Crippen molar-refractivity contribution in [1.29, 1.82) is 0 Å². The zero-order valence-corrected chi connectivity index (χ0v) is 17.9. The van der Waals surface area contributed by atoms with Crippen molar-refractivity contribution in [3.8, 4) is 17.2 Å². The largest absolute Gasteiger partial charge is 0.493 e. The first-order valence-corrected chi connectivity index (χ1v) is 9.71. The molecule has 1 aliphatic rings. The van der Waals surface area contributed by atoms with E-state index in [0.717, 1.165) is 16.9 Å². The standard InChI is InChI=1S/C21H26ClN3O4/c1-14-5-6-15(22)11-17(14)23-21(26)25-9-7-24(8-10-25)16-12-18(27-2)20(29-4)19(13-16)28-3/h5-6,11-13H,7-10H2,1-4H3,(H,23,26). The van der Waals surface area contributed by atoms with Crippen molar-refractivity contribution < 1.29 is 19.0 Å². The van der Waals surface area contributed by atoms with Gasteiger partial charge in [0.15, 0.2) is 11.5 Å². The average Bonchev–Trinajstić information content (AvgIpc) is 2.75. The predicted molar refractivity (Wildman–Crippen MR) is 115 cm³/mol. The van der Waals surface area contributed by atoms with Gasteiger partial charge in [0, 0.05) is 54.7 Å². The van der Waals surface area contributed by atoms with Crippen LogP contribution in [0.3, 0.4) is 0 Å². The monoisotopic (exact) mass is 419 g/mol. The molecule has 1 aliphatic heterocycles. The summed E-state index contributed by atoms with van der Waals surface area (Å²) in [7, 11) is 4.78. The van der Waals surface area contributed by atoms with Crippen LogP contribution >= 0.6 is 11.6 Å². The Morgan fingerprint density at radius 3 is 2.14 bits per heavy atom. The van der Waals surface area contributed by atoms with E-state index in [-0.39, 0.29) is 6.03 Å². The van der Waals surface area contributed by atoms with Crippen LogP contribution in [0, 0.1) is 6.92 Å². The third kappa shape index (κ3) is 4.62. The van der Waals surface area contributed by atoms with Crippen molar-refractivity contribution in [3.63, 3.8) is 0 Å². The number of rotatable bonds is 5. The summed E-state index contributed by atoms with van der Waals surface area (Å²) >= 11 is 6.04. The maximum Gasteiger partial charge on any atom is 0.321 e. The summed E-state index contributed by atoms with van der Waals surface area (Å²) in [5.74, 6) is 1.78. The Morgan fingerprint density at radius 2 is 1.59 bits per heavy atom. The van der Waals surface area contributed by atoms with Gasteiger partial charge in [-0.25, -0.2) is 4.79 Å². The molecule has 0 atom stereocenters. The number of anilines is 2. The Labute approximate surface area is 176 Å².